The maximum absolute atomic E-state index is 4.17. The number of fused-ring (bicyclic) bond motifs is 1. The van der Waals surface area contributed by atoms with Gasteiger partial charge in [-0.05, 0) is 24.0 Å². The number of nitrogens with one attached hydrogen (secondary N) is 2. The first kappa shape index (κ1) is 18.2. The molecule has 1 aliphatic heterocycles. The Morgan fingerprint density at radius 2 is 2.05 bits per heavy atom. The van der Waals surface area contributed by atoms with Gasteiger partial charge in [-0.3, -0.25) is 9.89 Å². The lowest BCUT2D eigenvalue weighted by Crippen LogP contribution is -2.47. The fourth-order valence-electron chi connectivity index (χ4n) is 2.85. The summed E-state index contributed by atoms with van der Waals surface area (Å²) in [6.07, 6.45) is 2.31. The summed E-state index contributed by atoms with van der Waals surface area (Å²) < 4.78 is 0. The molecule has 2 rings (SSSR count). The van der Waals surface area contributed by atoms with E-state index in [-0.39, 0.29) is 24.0 Å². The number of hydrogen-bond donors (Lipinski definition) is 2. The topological polar surface area (TPSA) is 39.7 Å². The molecule has 0 saturated heterocycles. The normalized spacial score (nSPS) is 16.6. The second-order valence-corrected chi connectivity index (χ2v) is 5.25. The zero-order valence-electron chi connectivity index (χ0n) is 13.2. The van der Waals surface area contributed by atoms with Gasteiger partial charge in [-0.15, -0.1) is 24.0 Å². The van der Waals surface area contributed by atoms with Crippen LogP contribution < -0.4 is 10.6 Å². The van der Waals surface area contributed by atoms with Gasteiger partial charge in [0.1, 0.15) is 0 Å². The summed E-state index contributed by atoms with van der Waals surface area (Å²) in [5, 5.41) is 6.46. The molecule has 0 bridgehead atoms. The van der Waals surface area contributed by atoms with Crippen LogP contribution in [-0.2, 0) is 13.0 Å². The van der Waals surface area contributed by atoms with E-state index in [1.165, 1.54) is 11.1 Å². The molecule has 0 aromatic heterocycles. The van der Waals surface area contributed by atoms with Gasteiger partial charge in [0, 0.05) is 39.8 Å². The van der Waals surface area contributed by atoms with Gasteiger partial charge in [0.25, 0.3) is 0 Å². The van der Waals surface area contributed by atoms with Gasteiger partial charge in [-0.1, -0.05) is 31.2 Å². The van der Waals surface area contributed by atoms with E-state index in [9.17, 15) is 0 Å². The predicted molar refractivity (Wildman–Crippen MR) is 100 cm³/mol. The number of benzene rings is 1. The van der Waals surface area contributed by atoms with Gasteiger partial charge >= 0.3 is 0 Å². The van der Waals surface area contributed by atoms with Gasteiger partial charge in [-0.2, -0.15) is 0 Å². The molecule has 1 atom stereocenters. The third kappa shape index (κ3) is 4.85. The molecule has 1 unspecified atom stereocenters. The van der Waals surface area contributed by atoms with Gasteiger partial charge in [-0.25, -0.2) is 0 Å². The highest BCUT2D eigenvalue weighted by molar-refractivity contribution is 14.0. The van der Waals surface area contributed by atoms with Crippen molar-refractivity contribution in [1.82, 2.24) is 15.5 Å². The molecule has 1 heterocycles. The third-order valence-corrected chi connectivity index (χ3v) is 4.11. The average molecular weight is 402 g/mol. The molecule has 0 aliphatic carbocycles. The predicted octanol–water partition coefficient (Wildman–Crippen LogP) is 2.24. The molecule has 21 heavy (non-hydrogen) atoms. The van der Waals surface area contributed by atoms with Crippen LogP contribution in [0.15, 0.2) is 29.3 Å². The van der Waals surface area contributed by atoms with Crippen molar-refractivity contribution in [2.75, 3.05) is 27.2 Å². The van der Waals surface area contributed by atoms with E-state index in [0.29, 0.717) is 6.04 Å². The van der Waals surface area contributed by atoms with Gasteiger partial charge in [0.15, 0.2) is 5.96 Å². The first-order valence-corrected chi connectivity index (χ1v) is 7.47. The molecule has 0 spiro atoms. The SMILES string of the molecule is CCC(CNC(=NC)NC)N1CCc2ccccc2C1.I. The van der Waals surface area contributed by atoms with Crippen LogP contribution in [0.2, 0.25) is 0 Å². The number of hydrogen-bond acceptors (Lipinski definition) is 2. The van der Waals surface area contributed by atoms with Crippen LogP contribution in [0.1, 0.15) is 24.5 Å². The Balaban J connectivity index is 0.00000220. The van der Waals surface area contributed by atoms with Crippen molar-refractivity contribution in [1.29, 1.82) is 0 Å². The van der Waals surface area contributed by atoms with Crippen molar-refractivity contribution in [2.24, 2.45) is 4.99 Å². The molecule has 0 radical (unpaired) electrons. The Morgan fingerprint density at radius 3 is 2.67 bits per heavy atom. The number of nitrogens with zero attached hydrogens (tertiary/aromatic N) is 2. The minimum Gasteiger partial charge on any atom is -0.359 e. The summed E-state index contributed by atoms with van der Waals surface area (Å²) in [5.41, 5.74) is 2.99. The fourth-order valence-corrected chi connectivity index (χ4v) is 2.85. The Bertz CT molecular complexity index is 461. The lowest BCUT2D eigenvalue weighted by atomic mass is 9.98. The Morgan fingerprint density at radius 1 is 1.33 bits per heavy atom. The first-order valence-electron chi connectivity index (χ1n) is 7.47. The fraction of sp³-hybridized carbons (Fsp3) is 0.562. The molecular formula is C16H27IN4. The van der Waals surface area contributed by atoms with E-state index >= 15 is 0 Å². The van der Waals surface area contributed by atoms with Crippen molar-refractivity contribution < 1.29 is 0 Å². The molecule has 1 aromatic carbocycles. The summed E-state index contributed by atoms with van der Waals surface area (Å²) in [6, 6.07) is 9.35. The highest BCUT2D eigenvalue weighted by Gasteiger charge is 2.22. The first-order chi connectivity index (χ1) is 9.78. The summed E-state index contributed by atoms with van der Waals surface area (Å²) in [7, 11) is 3.70. The Kier molecular flexibility index (Phi) is 8.03. The monoisotopic (exact) mass is 402 g/mol. The van der Waals surface area contributed by atoms with E-state index in [2.05, 4.69) is 51.7 Å². The lowest BCUT2D eigenvalue weighted by molar-refractivity contribution is 0.174. The molecular weight excluding hydrogens is 375 g/mol. The molecule has 2 N–H and O–H groups in total. The summed E-state index contributed by atoms with van der Waals surface area (Å²) in [6.45, 7) is 5.41. The van der Waals surface area contributed by atoms with Gasteiger partial charge in [0.2, 0.25) is 0 Å². The standard InChI is InChI=1S/C16H26N4.HI/c1-4-15(11-19-16(17-2)18-3)20-10-9-13-7-5-6-8-14(13)12-20;/h5-8,15H,4,9-12H2,1-3H3,(H2,17,18,19);1H. The van der Waals surface area contributed by atoms with Crippen molar-refractivity contribution >= 4 is 29.9 Å². The summed E-state index contributed by atoms with van der Waals surface area (Å²) in [5.74, 6) is 0.862. The van der Waals surface area contributed by atoms with Crippen molar-refractivity contribution in [3.05, 3.63) is 35.4 Å². The van der Waals surface area contributed by atoms with Crippen LogP contribution in [0, 0.1) is 0 Å². The quantitative estimate of drug-likeness (QED) is 0.461. The van der Waals surface area contributed by atoms with E-state index in [1.54, 1.807) is 7.05 Å². The number of guanidine groups is 1. The van der Waals surface area contributed by atoms with Crippen LogP contribution in [0.3, 0.4) is 0 Å². The minimum atomic E-state index is 0. The second kappa shape index (κ2) is 9.25. The average Bonchev–Trinajstić information content (AvgIpc) is 2.51. The van der Waals surface area contributed by atoms with Crippen LogP contribution in [0.5, 0.6) is 0 Å². The molecule has 0 amide bonds. The summed E-state index contributed by atoms with van der Waals surface area (Å²) >= 11 is 0. The second-order valence-electron chi connectivity index (χ2n) is 5.25. The Labute approximate surface area is 145 Å². The van der Waals surface area contributed by atoms with E-state index in [0.717, 1.165) is 38.4 Å². The number of aliphatic imine (C=N–C) groups is 1. The van der Waals surface area contributed by atoms with Crippen molar-refractivity contribution in [2.45, 2.75) is 32.4 Å². The molecule has 0 fully saturated rings. The van der Waals surface area contributed by atoms with Crippen LogP contribution in [0.25, 0.3) is 0 Å². The Hall–Kier alpha value is -0.820. The largest absolute Gasteiger partial charge is 0.359 e. The molecule has 0 saturated carbocycles. The highest BCUT2D eigenvalue weighted by Crippen LogP contribution is 2.20. The zero-order chi connectivity index (χ0) is 14.4. The minimum absolute atomic E-state index is 0. The third-order valence-electron chi connectivity index (χ3n) is 4.11. The van der Waals surface area contributed by atoms with E-state index in [4.69, 9.17) is 0 Å². The molecule has 1 aliphatic rings. The maximum Gasteiger partial charge on any atom is 0.190 e. The van der Waals surface area contributed by atoms with Gasteiger partial charge in [0.05, 0.1) is 0 Å². The van der Waals surface area contributed by atoms with E-state index < -0.39 is 0 Å². The molecule has 4 nitrogen and oxygen atoms in total. The zero-order valence-corrected chi connectivity index (χ0v) is 15.6. The van der Waals surface area contributed by atoms with Gasteiger partial charge < -0.3 is 10.6 Å². The summed E-state index contributed by atoms with van der Waals surface area (Å²) in [4.78, 5) is 6.75. The number of halogens is 1. The molecule has 118 valence electrons. The maximum atomic E-state index is 4.17. The molecule has 5 heteroatoms. The van der Waals surface area contributed by atoms with E-state index in [1.807, 2.05) is 7.05 Å². The lowest BCUT2D eigenvalue weighted by Gasteiger charge is -2.35. The van der Waals surface area contributed by atoms with Crippen LogP contribution >= 0.6 is 24.0 Å². The van der Waals surface area contributed by atoms with Crippen LogP contribution in [-0.4, -0.2) is 44.1 Å². The van der Waals surface area contributed by atoms with Crippen molar-refractivity contribution in [3.8, 4) is 0 Å². The van der Waals surface area contributed by atoms with Crippen molar-refractivity contribution in [3.63, 3.8) is 0 Å². The van der Waals surface area contributed by atoms with Crippen LogP contribution in [0.4, 0.5) is 0 Å². The molecule has 1 aromatic rings. The number of rotatable bonds is 4. The highest BCUT2D eigenvalue weighted by atomic mass is 127. The smallest absolute Gasteiger partial charge is 0.190 e.